The first kappa shape index (κ1) is 26.6. The number of allylic oxidation sites excluding steroid dienone is 4. The Morgan fingerprint density at radius 3 is 2.57 bits per heavy atom. The Morgan fingerprint density at radius 1 is 1.20 bits per heavy atom. The van der Waals surface area contributed by atoms with Crippen molar-refractivity contribution in [3.8, 4) is 0 Å². The minimum atomic E-state index is -3.15. The second-order valence-electron chi connectivity index (χ2n) is 8.31. The lowest BCUT2D eigenvalue weighted by atomic mass is 9.87. The van der Waals surface area contributed by atoms with Crippen LogP contribution in [-0.4, -0.2) is 50.5 Å². The van der Waals surface area contributed by atoms with Gasteiger partial charge in [-0.25, -0.2) is 13.2 Å². The van der Waals surface area contributed by atoms with E-state index in [0.717, 1.165) is 12.8 Å². The lowest BCUT2D eigenvalue weighted by molar-refractivity contribution is -0.150. The van der Waals surface area contributed by atoms with Gasteiger partial charge in [-0.05, 0) is 43.9 Å². The molecule has 1 fully saturated rings. The summed E-state index contributed by atoms with van der Waals surface area (Å²) < 4.78 is 28.1. The molecule has 6 nitrogen and oxygen atoms in total. The lowest BCUT2D eigenvalue weighted by Crippen LogP contribution is -2.21. The number of Topliss-reactive ketones (excluding diaryl/α,β-unsaturated/α-hetero) is 1. The van der Waals surface area contributed by atoms with Crippen molar-refractivity contribution in [2.45, 2.75) is 70.8 Å². The largest absolute Gasteiger partial charge is 0.467 e. The minimum absolute atomic E-state index is 0.0368. The van der Waals surface area contributed by atoms with Gasteiger partial charge in [-0.1, -0.05) is 50.5 Å². The predicted molar refractivity (Wildman–Crippen MR) is 119 cm³/mol. The third-order valence-corrected chi connectivity index (χ3v) is 6.66. The molecule has 0 aromatic heterocycles. The average molecular weight is 443 g/mol. The van der Waals surface area contributed by atoms with Crippen LogP contribution < -0.4 is 0 Å². The summed E-state index contributed by atoms with van der Waals surface area (Å²) in [4.78, 5) is 23.8. The van der Waals surface area contributed by atoms with Crippen molar-refractivity contribution in [2.75, 3.05) is 19.1 Å². The Morgan fingerprint density at radius 2 is 1.93 bits per heavy atom. The van der Waals surface area contributed by atoms with E-state index in [4.69, 9.17) is 0 Å². The van der Waals surface area contributed by atoms with Crippen molar-refractivity contribution in [3.63, 3.8) is 0 Å². The van der Waals surface area contributed by atoms with Crippen LogP contribution in [0.5, 0.6) is 0 Å². The number of rotatable bonds is 14. The van der Waals surface area contributed by atoms with E-state index in [2.05, 4.69) is 23.8 Å². The zero-order valence-electron chi connectivity index (χ0n) is 18.6. The number of hydrogen-bond donors (Lipinski definition) is 1. The maximum absolute atomic E-state index is 12.6. The molecule has 30 heavy (non-hydrogen) atoms. The Kier molecular flexibility index (Phi) is 12.2. The summed E-state index contributed by atoms with van der Waals surface area (Å²) in [5.41, 5.74) is 0. The maximum Gasteiger partial charge on any atom is 0.334 e. The second-order valence-corrected chi connectivity index (χ2v) is 10.5. The molecule has 1 rings (SSSR count). The molecule has 0 bridgehead atoms. The van der Waals surface area contributed by atoms with Gasteiger partial charge >= 0.3 is 5.97 Å². The van der Waals surface area contributed by atoms with E-state index in [1.807, 2.05) is 12.2 Å². The van der Waals surface area contributed by atoms with Gasteiger partial charge in [0.15, 0.2) is 6.10 Å². The van der Waals surface area contributed by atoms with Crippen molar-refractivity contribution in [3.05, 3.63) is 24.3 Å². The first-order valence-corrected chi connectivity index (χ1v) is 13.0. The Balaban J connectivity index is 2.69. The monoisotopic (exact) mass is 442 g/mol. The van der Waals surface area contributed by atoms with Crippen LogP contribution in [0.4, 0.5) is 0 Å². The molecule has 1 aliphatic carbocycles. The molecule has 172 valence electrons. The van der Waals surface area contributed by atoms with Gasteiger partial charge in [0.2, 0.25) is 0 Å². The number of carbonyl (C=O) groups excluding carboxylic acids is 2. The highest BCUT2D eigenvalue weighted by atomic mass is 32.2. The number of methoxy groups -OCH3 is 1. The average Bonchev–Trinajstić information content (AvgIpc) is 2.96. The fourth-order valence-corrected chi connectivity index (χ4v) is 5.16. The highest BCUT2D eigenvalue weighted by Crippen LogP contribution is 2.38. The van der Waals surface area contributed by atoms with Gasteiger partial charge in [0.25, 0.3) is 0 Å². The van der Waals surface area contributed by atoms with Gasteiger partial charge in [-0.2, -0.15) is 0 Å². The van der Waals surface area contributed by atoms with Crippen LogP contribution in [0.3, 0.4) is 0 Å². The van der Waals surface area contributed by atoms with Crippen molar-refractivity contribution in [1.82, 2.24) is 0 Å². The molecule has 0 aromatic carbocycles. The van der Waals surface area contributed by atoms with Crippen molar-refractivity contribution in [1.29, 1.82) is 0 Å². The number of carbonyl (C=O) groups is 2. The molecule has 0 spiro atoms. The quantitative estimate of drug-likeness (QED) is 0.251. The molecule has 1 aliphatic rings. The lowest BCUT2D eigenvalue weighted by Gasteiger charge is -2.19. The van der Waals surface area contributed by atoms with E-state index in [-0.39, 0.29) is 35.7 Å². The Hall–Kier alpha value is -1.47. The Bertz CT molecular complexity index is 694. The number of aliphatic hydroxyl groups excluding tert-OH is 1. The van der Waals surface area contributed by atoms with Crippen LogP contribution in [-0.2, 0) is 24.2 Å². The van der Waals surface area contributed by atoms with Gasteiger partial charge in [0.1, 0.15) is 15.6 Å². The van der Waals surface area contributed by atoms with Crippen LogP contribution in [0, 0.1) is 17.8 Å². The smallest absolute Gasteiger partial charge is 0.334 e. The summed E-state index contributed by atoms with van der Waals surface area (Å²) in [6.07, 6.45) is 15.2. The zero-order valence-corrected chi connectivity index (χ0v) is 19.4. The van der Waals surface area contributed by atoms with Crippen molar-refractivity contribution >= 4 is 21.6 Å². The number of aliphatic hydroxyl groups is 1. The van der Waals surface area contributed by atoms with Gasteiger partial charge < -0.3 is 9.84 Å². The van der Waals surface area contributed by atoms with E-state index in [1.165, 1.54) is 32.6 Å². The summed E-state index contributed by atoms with van der Waals surface area (Å²) in [7, 11) is -1.92. The number of unbranched alkanes of at least 4 members (excludes halogenated alkanes) is 4. The van der Waals surface area contributed by atoms with Crippen LogP contribution in [0.15, 0.2) is 24.3 Å². The van der Waals surface area contributed by atoms with Crippen molar-refractivity contribution in [2.24, 2.45) is 17.8 Å². The Labute approximate surface area is 181 Å². The number of ketones is 1. The molecule has 0 saturated heterocycles. The molecule has 0 heterocycles. The number of esters is 1. The van der Waals surface area contributed by atoms with E-state index in [0.29, 0.717) is 19.3 Å². The highest BCUT2D eigenvalue weighted by molar-refractivity contribution is 7.90. The molecule has 0 radical (unpaired) electrons. The summed E-state index contributed by atoms with van der Waals surface area (Å²) in [5, 5.41) is 9.60. The molecule has 0 aromatic rings. The van der Waals surface area contributed by atoms with E-state index in [1.54, 1.807) is 0 Å². The molecular weight excluding hydrogens is 404 g/mol. The second kappa shape index (κ2) is 13.8. The third kappa shape index (κ3) is 10.0. The summed E-state index contributed by atoms with van der Waals surface area (Å²) in [6.45, 7) is 2.17. The van der Waals surface area contributed by atoms with E-state index >= 15 is 0 Å². The maximum atomic E-state index is 12.6. The van der Waals surface area contributed by atoms with Crippen LogP contribution in [0.25, 0.3) is 0 Å². The molecule has 1 saturated carbocycles. The van der Waals surface area contributed by atoms with Crippen molar-refractivity contribution < 1.29 is 27.9 Å². The van der Waals surface area contributed by atoms with Gasteiger partial charge in [0.05, 0.1) is 12.9 Å². The molecule has 7 heteroatoms. The molecule has 0 aliphatic heterocycles. The number of hydrogen-bond acceptors (Lipinski definition) is 6. The van der Waals surface area contributed by atoms with Crippen LogP contribution in [0.2, 0.25) is 0 Å². The normalized spacial score (nSPS) is 23.5. The fourth-order valence-electron chi connectivity index (χ4n) is 4.04. The van der Waals surface area contributed by atoms with Crippen LogP contribution >= 0.6 is 0 Å². The number of sulfone groups is 1. The molecule has 4 atom stereocenters. The third-order valence-electron chi connectivity index (χ3n) is 5.62. The predicted octanol–water partition coefficient (Wildman–Crippen LogP) is 3.64. The van der Waals surface area contributed by atoms with Gasteiger partial charge in [0, 0.05) is 18.6 Å². The van der Waals surface area contributed by atoms with E-state index in [9.17, 15) is 23.1 Å². The van der Waals surface area contributed by atoms with E-state index < -0.39 is 21.9 Å². The van der Waals surface area contributed by atoms with Gasteiger partial charge in [-0.15, -0.1) is 0 Å². The first-order chi connectivity index (χ1) is 14.2. The van der Waals surface area contributed by atoms with Gasteiger partial charge in [-0.3, -0.25) is 4.79 Å². The fraction of sp³-hybridized carbons (Fsp3) is 0.739. The molecule has 1 unspecified atom stereocenters. The standard InChI is InChI=1S/C23H38O6S/c1-4-5-6-7-8-10-13-19-18(17-30(3,27)28)16-22(25)20(19)14-11-9-12-15-21(24)23(26)29-2/h9-11,13,18-21,24H,4-8,12,14-17H2,1-3H3/b11-9-,13-10+/t18-,19-,20+,21?/m0/s1. The molecule has 1 N–H and O–H groups in total. The SMILES string of the molecule is CCCCCC/C=C/[C@H]1[C@H](CS(C)(=O)=O)CC(=O)[C@@H]1C/C=C\CCC(O)C(=O)OC. The topological polar surface area (TPSA) is 97.7 Å². The zero-order chi connectivity index (χ0) is 22.6. The number of ether oxygens (including phenoxy) is 1. The highest BCUT2D eigenvalue weighted by Gasteiger charge is 2.41. The summed E-state index contributed by atoms with van der Waals surface area (Å²) >= 11 is 0. The first-order valence-electron chi connectivity index (χ1n) is 11.0. The summed E-state index contributed by atoms with van der Waals surface area (Å²) in [6, 6.07) is 0. The summed E-state index contributed by atoms with van der Waals surface area (Å²) in [5.74, 6) is -0.950. The molecular formula is C23H38O6S. The minimum Gasteiger partial charge on any atom is -0.467 e. The van der Waals surface area contributed by atoms with Crippen LogP contribution in [0.1, 0.15) is 64.7 Å². The molecule has 0 amide bonds.